The van der Waals surface area contributed by atoms with Crippen molar-refractivity contribution in [3.05, 3.63) is 10.1 Å². The maximum absolute atomic E-state index is 11.8. The number of Topliss-reactive ketones (excluding diaryl/α,β-unsaturated/α-hetero) is 1. The fourth-order valence-corrected chi connectivity index (χ4v) is 2.46. The van der Waals surface area contributed by atoms with E-state index < -0.39 is 35.2 Å². The third-order valence-corrected chi connectivity index (χ3v) is 3.57. The van der Waals surface area contributed by atoms with Crippen LogP contribution in [0.25, 0.3) is 0 Å². The second-order valence-corrected chi connectivity index (χ2v) is 4.97. The number of nitrogens with zero attached hydrogens (tertiary/aromatic N) is 1. The highest BCUT2D eigenvalue weighted by atomic mass is 16.6. The number of nitrogens with one attached hydrogen (secondary N) is 1. The smallest absolute Gasteiger partial charge is 0.307 e. The Labute approximate surface area is 116 Å². The fraction of sp³-hybridized carbons (Fsp3) is 0.750. The molecule has 0 saturated heterocycles. The van der Waals surface area contributed by atoms with Gasteiger partial charge in [-0.1, -0.05) is 6.92 Å². The molecule has 0 aromatic heterocycles. The third-order valence-electron chi connectivity index (χ3n) is 3.57. The zero-order valence-electron chi connectivity index (χ0n) is 11.5. The maximum Gasteiger partial charge on any atom is 0.307 e. The van der Waals surface area contributed by atoms with E-state index in [1.807, 2.05) is 0 Å². The Hall–Kier alpha value is -1.99. The zero-order valence-corrected chi connectivity index (χ0v) is 11.5. The number of likely N-dealkylation sites (N-methyl/N-ethyl adjacent to an activating group) is 1. The largest absolute Gasteiger partial charge is 0.456 e. The number of ether oxygens (including phenoxy) is 1. The van der Waals surface area contributed by atoms with Gasteiger partial charge in [-0.2, -0.15) is 0 Å². The van der Waals surface area contributed by atoms with Gasteiger partial charge in [-0.15, -0.1) is 0 Å². The summed E-state index contributed by atoms with van der Waals surface area (Å²) >= 11 is 0. The first kappa shape index (κ1) is 16.1. The molecule has 0 bridgehead atoms. The van der Waals surface area contributed by atoms with Crippen LogP contribution in [-0.4, -0.2) is 42.8 Å². The summed E-state index contributed by atoms with van der Waals surface area (Å²) in [5, 5.41) is 12.9. The summed E-state index contributed by atoms with van der Waals surface area (Å²) < 4.78 is 4.72. The summed E-state index contributed by atoms with van der Waals surface area (Å²) in [5.41, 5.74) is 0. The Morgan fingerprint density at radius 3 is 2.70 bits per heavy atom. The van der Waals surface area contributed by atoms with Crippen molar-refractivity contribution in [3.8, 4) is 0 Å². The first-order valence-electron chi connectivity index (χ1n) is 6.35. The number of carbonyl (C=O) groups is 3. The minimum absolute atomic E-state index is 0.121. The highest BCUT2D eigenvalue weighted by Gasteiger charge is 2.44. The first-order valence-corrected chi connectivity index (χ1v) is 6.35. The molecule has 0 heterocycles. The Morgan fingerprint density at radius 2 is 2.15 bits per heavy atom. The van der Waals surface area contributed by atoms with Gasteiger partial charge in [-0.3, -0.25) is 24.5 Å². The highest BCUT2D eigenvalue weighted by molar-refractivity contribution is 5.88. The van der Waals surface area contributed by atoms with Crippen molar-refractivity contribution >= 4 is 17.7 Å². The molecule has 1 amide bonds. The Kier molecular flexibility index (Phi) is 5.60. The van der Waals surface area contributed by atoms with Crippen LogP contribution < -0.4 is 5.32 Å². The molecule has 1 rings (SSSR count). The molecular weight excluding hydrogens is 268 g/mol. The summed E-state index contributed by atoms with van der Waals surface area (Å²) in [7, 11) is 1.41. The topological polar surface area (TPSA) is 116 Å². The van der Waals surface area contributed by atoms with E-state index in [1.54, 1.807) is 6.92 Å². The van der Waals surface area contributed by atoms with Crippen LogP contribution in [0.2, 0.25) is 0 Å². The number of hydrogen-bond donors (Lipinski definition) is 1. The van der Waals surface area contributed by atoms with Crippen molar-refractivity contribution in [2.24, 2.45) is 17.8 Å². The molecule has 112 valence electrons. The van der Waals surface area contributed by atoms with Crippen molar-refractivity contribution < 1.29 is 24.0 Å². The van der Waals surface area contributed by atoms with Gasteiger partial charge in [0.25, 0.3) is 5.91 Å². The van der Waals surface area contributed by atoms with Crippen LogP contribution in [0.5, 0.6) is 0 Å². The lowest BCUT2D eigenvalue weighted by Crippen LogP contribution is -2.29. The Morgan fingerprint density at radius 1 is 1.50 bits per heavy atom. The average molecular weight is 286 g/mol. The van der Waals surface area contributed by atoms with Crippen LogP contribution in [0.15, 0.2) is 0 Å². The van der Waals surface area contributed by atoms with Crippen LogP contribution in [0.3, 0.4) is 0 Å². The molecule has 1 aliphatic carbocycles. The van der Waals surface area contributed by atoms with Crippen molar-refractivity contribution in [2.45, 2.75) is 19.8 Å². The van der Waals surface area contributed by atoms with Gasteiger partial charge < -0.3 is 10.1 Å². The number of amides is 1. The van der Waals surface area contributed by atoms with Crippen LogP contribution in [0.4, 0.5) is 0 Å². The van der Waals surface area contributed by atoms with E-state index in [2.05, 4.69) is 5.32 Å². The Balaban J connectivity index is 2.58. The molecule has 3 atom stereocenters. The lowest BCUT2D eigenvalue weighted by Gasteiger charge is -2.16. The summed E-state index contributed by atoms with van der Waals surface area (Å²) in [6, 6.07) is 0. The second-order valence-electron chi connectivity index (χ2n) is 4.97. The van der Waals surface area contributed by atoms with E-state index in [0.717, 1.165) is 0 Å². The van der Waals surface area contributed by atoms with Gasteiger partial charge in [-0.25, -0.2) is 0 Å². The lowest BCUT2D eigenvalue weighted by molar-refractivity contribution is -0.490. The highest BCUT2D eigenvalue weighted by Crippen LogP contribution is 2.36. The second kappa shape index (κ2) is 6.97. The predicted octanol–water partition coefficient (Wildman–Crippen LogP) is -0.216. The number of ketones is 1. The van der Waals surface area contributed by atoms with Crippen molar-refractivity contribution in [1.82, 2.24) is 5.32 Å². The quantitative estimate of drug-likeness (QED) is 0.410. The number of esters is 1. The molecule has 20 heavy (non-hydrogen) atoms. The fourth-order valence-electron chi connectivity index (χ4n) is 2.46. The van der Waals surface area contributed by atoms with Gasteiger partial charge in [0.15, 0.2) is 6.61 Å². The minimum atomic E-state index is -0.687. The van der Waals surface area contributed by atoms with Crippen LogP contribution in [0, 0.1) is 27.9 Å². The lowest BCUT2D eigenvalue weighted by atomic mass is 9.88. The standard InChI is InChI=1S/C12H18N2O6/c1-7-3-10(15)8(9(7)5-14(18)19)4-12(17)20-6-11(16)13-2/h7-9H,3-6H2,1-2H3,(H,13,16)/t7-,8-,9-/m1/s1. The van der Waals surface area contributed by atoms with Gasteiger partial charge in [0.05, 0.1) is 6.42 Å². The zero-order chi connectivity index (χ0) is 15.3. The molecule has 1 N–H and O–H groups in total. The SMILES string of the molecule is CNC(=O)COC(=O)C[C@H]1C(=O)C[C@@H](C)[C@H]1C[N+](=O)[O-]. The molecule has 1 saturated carbocycles. The predicted molar refractivity (Wildman–Crippen MR) is 67.3 cm³/mol. The van der Waals surface area contributed by atoms with E-state index >= 15 is 0 Å². The molecule has 0 radical (unpaired) electrons. The van der Waals surface area contributed by atoms with E-state index in [0.29, 0.717) is 0 Å². The van der Waals surface area contributed by atoms with Crippen LogP contribution in [0.1, 0.15) is 19.8 Å². The number of rotatable bonds is 6. The van der Waals surface area contributed by atoms with Gasteiger partial charge in [0, 0.05) is 30.2 Å². The molecule has 1 aliphatic rings. The molecule has 0 aliphatic heterocycles. The maximum atomic E-state index is 11.8. The van der Waals surface area contributed by atoms with E-state index in [-0.39, 0.29) is 31.1 Å². The average Bonchev–Trinajstić information content (AvgIpc) is 2.62. The monoisotopic (exact) mass is 286 g/mol. The molecule has 8 heteroatoms. The van der Waals surface area contributed by atoms with Gasteiger partial charge in [-0.05, 0) is 5.92 Å². The number of hydrogen-bond acceptors (Lipinski definition) is 6. The summed E-state index contributed by atoms with van der Waals surface area (Å²) in [5.74, 6) is -2.55. The Bertz CT molecular complexity index is 422. The van der Waals surface area contributed by atoms with Gasteiger partial charge in [0.1, 0.15) is 5.78 Å². The van der Waals surface area contributed by atoms with Crippen molar-refractivity contribution in [3.63, 3.8) is 0 Å². The summed E-state index contributed by atoms with van der Waals surface area (Å²) in [4.78, 5) is 44.5. The van der Waals surface area contributed by atoms with Gasteiger partial charge in [0.2, 0.25) is 6.54 Å². The van der Waals surface area contributed by atoms with Gasteiger partial charge >= 0.3 is 5.97 Å². The van der Waals surface area contributed by atoms with E-state index in [9.17, 15) is 24.5 Å². The molecule has 8 nitrogen and oxygen atoms in total. The van der Waals surface area contributed by atoms with Crippen LogP contribution >= 0.6 is 0 Å². The third kappa shape index (κ3) is 4.29. The number of nitro groups is 1. The first-order chi connectivity index (χ1) is 9.35. The van der Waals surface area contributed by atoms with Crippen molar-refractivity contribution in [2.75, 3.05) is 20.2 Å². The molecule has 0 unspecified atom stereocenters. The van der Waals surface area contributed by atoms with Crippen LogP contribution in [-0.2, 0) is 19.1 Å². The normalized spacial score (nSPS) is 25.3. The summed E-state index contributed by atoms with van der Waals surface area (Å²) in [6.45, 7) is 1.02. The summed E-state index contributed by atoms with van der Waals surface area (Å²) in [6.07, 6.45) is 0.0323. The van der Waals surface area contributed by atoms with E-state index in [1.165, 1.54) is 7.05 Å². The minimum Gasteiger partial charge on any atom is -0.456 e. The molecule has 0 aromatic rings. The molecular formula is C12H18N2O6. The van der Waals surface area contributed by atoms with E-state index in [4.69, 9.17) is 4.74 Å². The number of carbonyl (C=O) groups excluding carboxylic acids is 3. The molecule has 1 fully saturated rings. The van der Waals surface area contributed by atoms with Crippen molar-refractivity contribution in [1.29, 1.82) is 0 Å². The molecule has 0 spiro atoms. The molecule has 0 aromatic carbocycles.